The molecule has 0 unspecified atom stereocenters. The molecule has 12 heteroatoms. The van der Waals surface area contributed by atoms with E-state index in [-0.39, 0.29) is 37.7 Å². The molecular formula is C40H69N3O9. The lowest BCUT2D eigenvalue weighted by Gasteiger charge is -2.18. The van der Waals surface area contributed by atoms with E-state index in [0.29, 0.717) is 65.6 Å². The molecule has 1 aromatic carbocycles. The summed E-state index contributed by atoms with van der Waals surface area (Å²) in [5.74, 6) is -1.64. The molecule has 1 atom stereocenters. The summed E-state index contributed by atoms with van der Waals surface area (Å²) in [6.45, 7) is 4.27. The Hall–Kier alpha value is -3.06. The summed E-state index contributed by atoms with van der Waals surface area (Å²) in [4.78, 5) is 48.8. The number of hydrogen-bond acceptors (Lipinski definition) is 9. The molecule has 52 heavy (non-hydrogen) atoms. The number of nitrogens with one attached hydrogen (secondary N) is 2. The van der Waals surface area contributed by atoms with E-state index < -0.39 is 18.0 Å². The number of carboxylic acid groups (broad SMARTS) is 1. The standard InChI is InChI=1S/C40H69N3O9/c41-26-18-28-49-30-32-51-33-31-50-29-19-27-42-37(44)25-24-36(40(48)52-34-35-20-14-13-15-21-35)43-38(45)22-16-11-9-7-5-3-1-2-4-6-8-10-12-17-23-39(46)47/h13-15,20-21,36H,1-12,16-19,22-34,41H2,(H,42,44)(H,43,45)(H,46,47)/t36-/m0/s1. The first-order valence-corrected chi connectivity index (χ1v) is 19.8. The number of rotatable bonds is 37. The van der Waals surface area contributed by atoms with Gasteiger partial charge >= 0.3 is 11.9 Å². The Kier molecular flexibility index (Phi) is 31.6. The topological polar surface area (TPSA) is 176 Å². The van der Waals surface area contributed by atoms with Gasteiger partial charge in [-0.25, -0.2) is 4.79 Å². The van der Waals surface area contributed by atoms with Crippen LogP contribution >= 0.6 is 0 Å². The highest BCUT2D eigenvalue weighted by Gasteiger charge is 2.23. The monoisotopic (exact) mass is 736 g/mol. The highest BCUT2D eigenvalue weighted by Crippen LogP contribution is 2.14. The van der Waals surface area contributed by atoms with E-state index in [2.05, 4.69) is 10.6 Å². The van der Waals surface area contributed by atoms with E-state index in [1.54, 1.807) is 0 Å². The number of amides is 2. The lowest BCUT2D eigenvalue weighted by Crippen LogP contribution is -2.42. The number of esters is 1. The van der Waals surface area contributed by atoms with E-state index in [4.69, 9.17) is 29.8 Å². The fourth-order valence-electron chi connectivity index (χ4n) is 5.52. The highest BCUT2D eigenvalue weighted by molar-refractivity contribution is 5.85. The maximum absolute atomic E-state index is 13.0. The molecule has 1 rings (SSSR count). The zero-order valence-corrected chi connectivity index (χ0v) is 31.8. The van der Waals surface area contributed by atoms with Crippen molar-refractivity contribution in [1.82, 2.24) is 10.6 Å². The average Bonchev–Trinajstić information content (AvgIpc) is 3.14. The molecule has 12 nitrogen and oxygen atoms in total. The summed E-state index contributed by atoms with van der Waals surface area (Å²) in [6, 6.07) is 8.46. The van der Waals surface area contributed by atoms with Crippen LogP contribution < -0.4 is 16.4 Å². The fraction of sp³-hybridized carbons (Fsp3) is 0.750. The van der Waals surface area contributed by atoms with Gasteiger partial charge in [0.25, 0.3) is 0 Å². The van der Waals surface area contributed by atoms with E-state index >= 15 is 0 Å². The lowest BCUT2D eigenvalue weighted by atomic mass is 10.0. The minimum Gasteiger partial charge on any atom is -0.481 e. The van der Waals surface area contributed by atoms with Gasteiger partial charge in [-0.3, -0.25) is 14.4 Å². The molecule has 0 aliphatic rings. The summed E-state index contributed by atoms with van der Waals surface area (Å²) in [7, 11) is 0. The Bertz CT molecular complexity index is 1030. The number of carbonyl (C=O) groups excluding carboxylic acids is 3. The lowest BCUT2D eigenvalue weighted by molar-refractivity contribution is -0.149. The number of benzene rings is 1. The van der Waals surface area contributed by atoms with Crippen LogP contribution in [-0.4, -0.2) is 87.6 Å². The Labute approximate surface area is 312 Å². The van der Waals surface area contributed by atoms with Gasteiger partial charge in [0, 0.05) is 39.0 Å². The van der Waals surface area contributed by atoms with Crippen LogP contribution in [0.15, 0.2) is 30.3 Å². The molecule has 0 spiro atoms. The van der Waals surface area contributed by atoms with Crippen molar-refractivity contribution < 1.29 is 43.2 Å². The summed E-state index contributed by atoms with van der Waals surface area (Å²) in [6.07, 6.45) is 17.8. The van der Waals surface area contributed by atoms with E-state index in [1.807, 2.05) is 30.3 Å². The van der Waals surface area contributed by atoms with Crippen LogP contribution in [0.5, 0.6) is 0 Å². The Balaban J connectivity index is 2.20. The van der Waals surface area contributed by atoms with Crippen LogP contribution in [0.25, 0.3) is 0 Å². The Morgan fingerprint density at radius 2 is 1.10 bits per heavy atom. The van der Waals surface area contributed by atoms with Crippen LogP contribution in [0.4, 0.5) is 0 Å². The maximum Gasteiger partial charge on any atom is 0.328 e. The first kappa shape index (κ1) is 47.0. The predicted molar refractivity (Wildman–Crippen MR) is 203 cm³/mol. The van der Waals surface area contributed by atoms with E-state index in [1.165, 1.54) is 44.9 Å². The molecule has 0 bridgehead atoms. The van der Waals surface area contributed by atoms with Crippen molar-refractivity contribution in [3.05, 3.63) is 35.9 Å². The number of ether oxygens (including phenoxy) is 4. The van der Waals surface area contributed by atoms with Gasteiger partial charge in [0.05, 0.1) is 26.4 Å². The fourth-order valence-corrected chi connectivity index (χ4v) is 5.52. The molecule has 0 saturated heterocycles. The van der Waals surface area contributed by atoms with E-state index in [0.717, 1.165) is 56.9 Å². The molecule has 5 N–H and O–H groups in total. The SMILES string of the molecule is NCCCOCCOCCOCCCNC(=O)CC[C@H](NC(=O)CCCCCCCCCCCCCCCCC(=O)O)C(=O)OCc1ccccc1. The minimum absolute atomic E-state index is 0.0853. The molecule has 0 aliphatic heterocycles. The van der Waals surface area contributed by atoms with Crippen molar-refractivity contribution in [1.29, 1.82) is 0 Å². The first-order chi connectivity index (χ1) is 25.4. The van der Waals surface area contributed by atoms with Crippen molar-refractivity contribution in [3.63, 3.8) is 0 Å². The second-order valence-electron chi connectivity index (χ2n) is 13.3. The number of unbranched alkanes of at least 4 members (excludes halogenated alkanes) is 13. The largest absolute Gasteiger partial charge is 0.481 e. The molecule has 0 saturated carbocycles. The third kappa shape index (κ3) is 30.6. The summed E-state index contributed by atoms with van der Waals surface area (Å²) in [5.41, 5.74) is 6.27. The van der Waals surface area contributed by atoms with Crippen LogP contribution in [0.2, 0.25) is 0 Å². The van der Waals surface area contributed by atoms with Crippen LogP contribution in [-0.2, 0) is 44.7 Å². The Morgan fingerprint density at radius 3 is 1.63 bits per heavy atom. The van der Waals surface area contributed by atoms with Gasteiger partial charge in [0.15, 0.2) is 0 Å². The van der Waals surface area contributed by atoms with Crippen LogP contribution in [0.1, 0.15) is 134 Å². The molecular weight excluding hydrogens is 666 g/mol. The van der Waals surface area contributed by atoms with Crippen molar-refractivity contribution in [3.8, 4) is 0 Å². The van der Waals surface area contributed by atoms with Gasteiger partial charge < -0.3 is 40.4 Å². The molecule has 0 heterocycles. The molecule has 298 valence electrons. The number of hydrogen-bond donors (Lipinski definition) is 4. The van der Waals surface area contributed by atoms with Gasteiger partial charge in [-0.05, 0) is 44.2 Å². The smallest absolute Gasteiger partial charge is 0.328 e. The Morgan fingerprint density at radius 1 is 0.596 bits per heavy atom. The van der Waals surface area contributed by atoms with Crippen molar-refractivity contribution >= 4 is 23.8 Å². The second kappa shape index (κ2) is 35.0. The number of nitrogens with two attached hydrogens (primary N) is 1. The third-order valence-corrected chi connectivity index (χ3v) is 8.57. The number of aliphatic carboxylic acids is 1. The van der Waals surface area contributed by atoms with Crippen LogP contribution in [0.3, 0.4) is 0 Å². The quantitative estimate of drug-likeness (QED) is 0.0453. The van der Waals surface area contributed by atoms with Crippen molar-refractivity contribution in [2.24, 2.45) is 5.73 Å². The molecule has 2 amide bonds. The maximum atomic E-state index is 13.0. The zero-order valence-electron chi connectivity index (χ0n) is 31.8. The third-order valence-electron chi connectivity index (χ3n) is 8.57. The van der Waals surface area contributed by atoms with Gasteiger partial charge in [-0.2, -0.15) is 0 Å². The van der Waals surface area contributed by atoms with Gasteiger partial charge in [-0.15, -0.1) is 0 Å². The van der Waals surface area contributed by atoms with Gasteiger partial charge in [0.1, 0.15) is 12.6 Å². The summed E-state index contributed by atoms with van der Waals surface area (Å²) >= 11 is 0. The minimum atomic E-state index is -0.895. The molecule has 0 aliphatic carbocycles. The molecule has 0 radical (unpaired) electrons. The van der Waals surface area contributed by atoms with Gasteiger partial charge in [0.2, 0.25) is 11.8 Å². The first-order valence-electron chi connectivity index (χ1n) is 19.8. The number of carboxylic acids is 1. The molecule has 0 fully saturated rings. The van der Waals surface area contributed by atoms with Crippen molar-refractivity contribution in [2.45, 2.75) is 141 Å². The zero-order chi connectivity index (χ0) is 37.7. The molecule has 1 aromatic rings. The second-order valence-corrected chi connectivity index (χ2v) is 13.3. The molecule has 0 aromatic heterocycles. The van der Waals surface area contributed by atoms with Crippen LogP contribution in [0, 0.1) is 0 Å². The average molecular weight is 736 g/mol. The normalized spacial score (nSPS) is 11.6. The predicted octanol–water partition coefficient (Wildman–Crippen LogP) is 6.23. The highest BCUT2D eigenvalue weighted by atomic mass is 16.5. The summed E-state index contributed by atoms with van der Waals surface area (Å²) in [5, 5.41) is 14.3. The van der Waals surface area contributed by atoms with E-state index in [9.17, 15) is 19.2 Å². The van der Waals surface area contributed by atoms with Crippen molar-refractivity contribution in [2.75, 3.05) is 52.7 Å². The summed E-state index contributed by atoms with van der Waals surface area (Å²) < 4.78 is 21.9. The van der Waals surface area contributed by atoms with Gasteiger partial charge in [-0.1, -0.05) is 107 Å². The number of carbonyl (C=O) groups is 4.